The SMILES string of the molecule is O=C(C=Cc1ccccc1Br)c1c(O)cc(O)cc1O. The molecular formula is C15H11BrO4. The van der Waals surface area contributed by atoms with Gasteiger partial charge in [0.2, 0.25) is 0 Å². The van der Waals surface area contributed by atoms with Gasteiger partial charge < -0.3 is 15.3 Å². The van der Waals surface area contributed by atoms with Crippen molar-refractivity contribution in [1.82, 2.24) is 0 Å². The normalized spacial score (nSPS) is 10.8. The van der Waals surface area contributed by atoms with Crippen molar-refractivity contribution in [2.24, 2.45) is 0 Å². The summed E-state index contributed by atoms with van der Waals surface area (Å²) in [7, 11) is 0. The lowest BCUT2D eigenvalue weighted by Gasteiger charge is -2.04. The third-order valence-corrected chi connectivity index (χ3v) is 3.37. The molecule has 2 aromatic carbocycles. The summed E-state index contributed by atoms with van der Waals surface area (Å²) >= 11 is 3.35. The number of phenols is 3. The first-order chi connectivity index (χ1) is 9.49. The molecule has 0 fully saturated rings. The molecule has 0 unspecified atom stereocenters. The van der Waals surface area contributed by atoms with Crippen LogP contribution < -0.4 is 0 Å². The number of ketones is 1. The van der Waals surface area contributed by atoms with Gasteiger partial charge in [0, 0.05) is 16.6 Å². The average Bonchev–Trinajstić information content (AvgIpc) is 2.36. The van der Waals surface area contributed by atoms with E-state index in [4.69, 9.17) is 0 Å². The molecular weight excluding hydrogens is 324 g/mol. The maximum atomic E-state index is 12.0. The standard InChI is InChI=1S/C15H11BrO4/c16-11-4-2-1-3-9(11)5-6-12(18)15-13(19)7-10(17)8-14(15)20/h1-8,17,19-20H. The van der Waals surface area contributed by atoms with Crippen molar-refractivity contribution in [3.63, 3.8) is 0 Å². The summed E-state index contributed by atoms with van der Waals surface area (Å²) in [6.45, 7) is 0. The molecule has 5 heteroatoms. The van der Waals surface area contributed by atoms with Crippen LogP contribution in [0.25, 0.3) is 6.08 Å². The van der Waals surface area contributed by atoms with Gasteiger partial charge in [0.25, 0.3) is 0 Å². The Morgan fingerprint density at radius 3 is 2.25 bits per heavy atom. The lowest BCUT2D eigenvalue weighted by Crippen LogP contribution is -1.95. The van der Waals surface area contributed by atoms with Gasteiger partial charge in [-0.25, -0.2) is 0 Å². The molecule has 0 aliphatic heterocycles. The van der Waals surface area contributed by atoms with Gasteiger partial charge in [-0.1, -0.05) is 34.1 Å². The van der Waals surface area contributed by atoms with Gasteiger partial charge in [0.1, 0.15) is 22.8 Å². The molecule has 0 saturated carbocycles. The molecule has 3 N–H and O–H groups in total. The summed E-state index contributed by atoms with van der Waals surface area (Å²) in [5.41, 5.74) is 0.546. The Kier molecular flexibility index (Phi) is 4.10. The number of allylic oxidation sites excluding steroid dienone is 1. The van der Waals surface area contributed by atoms with Gasteiger partial charge in [-0.3, -0.25) is 4.79 Å². The Morgan fingerprint density at radius 1 is 1.05 bits per heavy atom. The number of rotatable bonds is 3. The summed E-state index contributed by atoms with van der Waals surface area (Å²) in [6, 6.07) is 9.31. The zero-order chi connectivity index (χ0) is 14.7. The highest BCUT2D eigenvalue weighted by atomic mass is 79.9. The predicted octanol–water partition coefficient (Wildman–Crippen LogP) is 3.46. The van der Waals surface area contributed by atoms with Crippen LogP contribution in [-0.2, 0) is 0 Å². The maximum absolute atomic E-state index is 12.0. The number of carbonyl (C=O) groups is 1. The fraction of sp³-hybridized carbons (Fsp3) is 0. The van der Waals surface area contributed by atoms with Crippen LogP contribution in [0.2, 0.25) is 0 Å². The van der Waals surface area contributed by atoms with E-state index < -0.39 is 17.3 Å². The maximum Gasteiger partial charge on any atom is 0.193 e. The number of halogens is 1. The Labute approximate surface area is 123 Å². The summed E-state index contributed by atoms with van der Waals surface area (Å²) in [5, 5.41) is 28.4. The molecule has 0 spiro atoms. The number of phenolic OH excluding ortho intramolecular Hbond substituents is 3. The van der Waals surface area contributed by atoms with E-state index in [-0.39, 0.29) is 11.3 Å². The van der Waals surface area contributed by atoms with Crippen molar-refractivity contribution < 1.29 is 20.1 Å². The van der Waals surface area contributed by atoms with Crippen LogP contribution >= 0.6 is 15.9 Å². The molecule has 4 nitrogen and oxygen atoms in total. The first-order valence-corrected chi connectivity index (χ1v) is 6.50. The molecule has 0 radical (unpaired) electrons. The molecule has 2 aromatic rings. The van der Waals surface area contributed by atoms with E-state index in [1.165, 1.54) is 6.08 Å². The Balaban J connectivity index is 2.32. The Bertz CT molecular complexity index is 669. The van der Waals surface area contributed by atoms with E-state index >= 15 is 0 Å². The van der Waals surface area contributed by atoms with Crippen molar-refractivity contribution in [3.05, 3.63) is 58.1 Å². The molecule has 0 heterocycles. The van der Waals surface area contributed by atoms with E-state index in [1.54, 1.807) is 6.08 Å². The lowest BCUT2D eigenvalue weighted by atomic mass is 10.1. The van der Waals surface area contributed by atoms with E-state index in [9.17, 15) is 20.1 Å². The zero-order valence-electron chi connectivity index (χ0n) is 10.2. The summed E-state index contributed by atoms with van der Waals surface area (Å²) in [5.74, 6) is -1.81. The highest BCUT2D eigenvalue weighted by molar-refractivity contribution is 9.10. The number of hydrogen-bond acceptors (Lipinski definition) is 4. The van der Waals surface area contributed by atoms with Gasteiger partial charge >= 0.3 is 0 Å². The highest BCUT2D eigenvalue weighted by Gasteiger charge is 2.15. The number of benzene rings is 2. The second-order valence-corrected chi connectivity index (χ2v) is 4.93. The van der Waals surface area contributed by atoms with Crippen molar-refractivity contribution in [1.29, 1.82) is 0 Å². The Hall–Kier alpha value is -2.27. The molecule has 0 atom stereocenters. The summed E-state index contributed by atoms with van der Waals surface area (Å²) in [4.78, 5) is 12.0. The topological polar surface area (TPSA) is 77.8 Å². The minimum atomic E-state index is -0.559. The van der Waals surface area contributed by atoms with Crippen molar-refractivity contribution in [2.45, 2.75) is 0 Å². The third kappa shape index (κ3) is 3.00. The molecule has 0 aliphatic carbocycles. The van der Waals surface area contributed by atoms with Crippen LogP contribution in [0, 0.1) is 0 Å². The highest BCUT2D eigenvalue weighted by Crippen LogP contribution is 2.32. The van der Waals surface area contributed by atoms with Crippen molar-refractivity contribution in [2.75, 3.05) is 0 Å². The number of carbonyl (C=O) groups excluding carboxylic acids is 1. The second-order valence-electron chi connectivity index (χ2n) is 4.08. The van der Waals surface area contributed by atoms with Crippen LogP contribution in [0.5, 0.6) is 17.2 Å². The van der Waals surface area contributed by atoms with Gasteiger partial charge in [-0.2, -0.15) is 0 Å². The molecule has 2 rings (SSSR count). The van der Waals surface area contributed by atoms with Gasteiger partial charge in [-0.15, -0.1) is 0 Å². The molecule has 0 aromatic heterocycles. The minimum Gasteiger partial charge on any atom is -0.508 e. The first kappa shape index (κ1) is 14.1. The molecule has 0 saturated heterocycles. The quantitative estimate of drug-likeness (QED) is 0.593. The lowest BCUT2D eigenvalue weighted by molar-refractivity contribution is 0.104. The summed E-state index contributed by atoms with van der Waals surface area (Å²) in [6.07, 6.45) is 2.81. The van der Waals surface area contributed by atoms with Gasteiger partial charge in [0.05, 0.1) is 0 Å². The van der Waals surface area contributed by atoms with Gasteiger partial charge in [0.15, 0.2) is 5.78 Å². The zero-order valence-corrected chi connectivity index (χ0v) is 11.8. The smallest absolute Gasteiger partial charge is 0.193 e. The monoisotopic (exact) mass is 334 g/mol. The van der Waals surface area contributed by atoms with Crippen molar-refractivity contribution >= 4 is 27.8 Å². The second kappa shape index (κ2) is 5.79. The van der Waals surface area contributed by atoms with E-state index in [1.807, 2.05) is 24.3 Å². The van der Waals surface area contributed by atoms with E-state index in [0.717, 1.165) is 22.2 Å². The van der Waals surface area contributed by atoms with Crippen LogP contribution in [0.15, 0.2) is 46.9 Å². The average molecular weight is 335 g/mol. The first-order valence-electron chi connectivity index (χ1n) is 5.71. The largest absolute Gasteiger partial charge is 0.508 e. The molecule has 102 valence electrons. The van der Waals surface area contributed by atoms with E-state index in [2.05, 4.69) is 15.9 Å². The molecule has 20 heavy (non-hydrogen) atoms. The fourth-order valence-corrected chi connectivity index (χ4v) is 2.13. The predicted molar refractivity (Wildman–Crippen MR) is 78.9 cm³/mol. The van der Waals surface area contributed by atoms with Gasteiger partial charge in [-0.05, 0) is 23.8 Å². The van der Waals surface area contributed by atoms with Crippen LogP contribution in [0.1, 0.15) is 15.9 Å². The van der Waals surface area contributed by atoms with Crippen LogP contribution in [0.4, 0.5) is 0 Å². The van der Waals surface area contributed by atoms with Crippen LogP contribution in [-0.4, -0.2) is 21.1 Å². The molecule has 0 bridgehead atoms. The van der Waals surface area contributed by atoms with Crippen LogP contribution in [0.3, 0.4) is 0 Å². The fourth-order valence-electron chi connectivity index (χ4n) is 1.71. The third-order valence-electron chi connectivity index (χ3n) is 2.65. The number of aromatic hydroxyl groups is 3. The Morgan fingerprint density at radius 2 is 1.65 bits per heavy atom. The summed E-state index contributed by atoms with van der Waals surface area (Å²) < 4.78 is 0.822. The minimum absolute atomic E-state index is 0.244. The van der Waals surface area contributed by atoms with E-state index in [0.29, 0.717) is 0 Å². The molecule has 0 amide bonds. The number of hydrogen-bond donors (Lipinski definition) is 3. The molecule has 0 aliphatic rings. The van der Waals surface area contributed by atoms with Crippen molar-refractivity contribution in [3.8, 4) is 17.2 Å².